The standard InChI is InChI=1S/C23H14BrCl2FN2O2/c24-17-2-8-22(31-13-14-1-7-20(25)21(26)9-14)15(11-17)10-16(12-28)23(30)29-19-5-3-18(27)4-6-19/h1-11H,13H2,(H,29,30)/b16-10+. The molecule has 0 aliphatic heterocycles. The molecular weight excluding hydrogens is 506 g/mol. The number of hydrogen-bond acceptors (Lipinski definition) is 3. The van der Waals surface area contributed by atoms with Crippen LogP contribution in [0.25, 0.3) is 6.08 Å². The van der Waals surface area contributed by atoms with Crippen LogP contribution in [0, 0.1) is 17.1 Å². The van der Waals surface area contributed by atoms with E-state index in [1.165, 1.54) is 30.3 Å². The molecule has 3 rings (SSSR count). The Morgan fingerprint density at radius 3 is 2.52 bits per heavy atom. The van der Waals surface area contributed by atoms with Crippen LogP contribution in [0.1, 0.15) is 11.1 Å². The van der Waals surface area contributed by atoms with Gasteiger partial charge in [0.05, 0.1) is 10.0 Å². The Morgan fingerprint density at radius 1 is 1.10 bits per heavy atom. The van der Waals surface area contributed by atoms with Crippen molar-refractivity contribution in [1.82, 2.24) is 0 Å². The van der Waals surface area contributed by atoms with Gasteiger partial charge in [0.2, 0.25) is 0 Å². The monoisotopic (exact) mass is 518 g/mol. The van der Waals surface area contributed by atoms with E-state index >= 15 is 0 Å². The summed E-state index contributed by atoms with van der Waals surface area (Å²) >= 11 is 15.4. The van der Waals surface area contributed by atoms with Gasteiger partial charge in [0, 0.05) is 15.7 Å². The number of rotatable bonds is 6. The first-order valence-electron chi connectivity index (χ1n) is 8.90. The molecule has 31 heavy (non-hydrogen) atoms. The van der Waals surface area contributed by atoms with Crippen LogP contribution in [0.5, 0.6) is 5.75 Å². The fraction of sp³-hybridized carbons (Fsp3) is 0.0435. The van der Waals surface area contributed by atoms with Crippen LogP contribution in [0.3, 0.4) is 0 Å². The summed E-state index contributed by atoms with van der Waals surface area (Å²) in [5.74, 6) is -0.576. The number of halogens is 4. The van der Waals surface area contributed by atoms with Gasteiger partial charge < -0.3 is 10.1 Å². The van der Waals surface area contributed by atoms with E-state index in [0.717, 1.165) is 10.0 Å². The zero-order chi connectivity index (χ0) is 22.4. The van der Waals surface area contributed by atoms with Gasteiger partial charge in [0.1, 0.15) is 29.8 Å². The topological polar surface area (TPSA) is 62.1 Å². The highest BCUT2D eigenvalue weighted by Gasteiger charge is 2.12. The van der Waals surface area contributed by atoms with Crippen molar-refractivity contribution >= 4 is 56.8 Å². The van der Waals surface area contributed by atoms with Crippen molar-refractivity contribution in [2.75, 3.05) is 5.32 Å². The number of nitriles is 1. The smallest absolute Gasteiger partial charge is 0.266 e. The molecule has 0 saturated heterocycles. The van der Waals surface area contributed by atoms with Gasteiger partial charge in [-0.3, -0.25) is 4.79 Å². The molecule has 0 aromatic heterocycles. The van der Waals surface area contributed by atoms with Crippen LogP contribution in [-0.2, 0) is 11.4 Å². The third kappa shape index (κ3) is 6.31. The summed E-state index contributed by atoms with van der Waals surface area (Å²) in [6.07, 6.45) is 1.42. The zero-order valence-corrected chi connectivity index (χ0v) is 18.9. The number of amides is 1. The maximum atomic E-state index is 13.0. The molecule has 1 amide bonds. The molecule has 0 atom stereocenters. The van der Waals surface area contributed by atoms with Gasteiger partial charge in [-0.25, -0.2) is 4.39 Å². The van der Waals surface area contributed by atoms with Gasteiger partial charge in [-0.1, -0.05) is 45.2 Å². The van der Waals surface area contributed by atoms with E-state index < -0.39 is 11.7 Å². The number of carbonyl (C=O) groups is 1. The Morgan fingerprint density at radius 2 is 1.84 bits per heavy atom. The van der Waals surface area contributed by atoms with Gasteiger partial charge in [-0.15, -0.1) is 0 Å². The van der Waals surface area contributed by atoms with Gasteiger partial charge in [0.15, 0.2) is 0 Å². The van der Waals surface area contributed by atoms with Crippen molar-refractivity contribution in [3.63, 3.8) is 0 Å². The highest BCUT2D eigenvalue weighted by Crippen LogP contribution is 2.28. The molecule has 1 N–H and O–H groups in total. The molecule has 0 aliphatic carbocycles. The predicted octanol–water partition coefficient (Wildman–Crippen LogP) is 7.02. The van der Waals surface area contributed by atoms with Crippen LogP contribution >= 0.6 is 39.1 Å². The SMILES string of the molecule is N#C/C(=C\c1cc(Br)ccc1OCc1ccc(Cl)c(Cl)c1)C(=O)Nc1ccc(F)cc1. The molecule has 0 fully saturated rings. The molecule has 0 saturated carbocycles. The number of carbonyl (C=O) groups excluding carboxylic acids is 1. The molecule has 0 aliphatic rings. The zero-order valence-electron chi connectivity index (χ0n) is 15.8. The van der Waals surface area contributed by atoms with Gasteiger partial charge in [-0.05, 0) is 66.2 Å². The quantitative estimate of drug-likeness (QED) is 0.281. The first-order chi connectivity index (χ1) is 14.9. The predicted molar refractivity (Wildman–Crippen MR) is 124 cm³/mol. The maximum Gasteiger partial charge on any atom is 0.266 e. The highest BCUT2D eigenvalue weighted by molar-refractivity contribution is 9.10. The molecule has 3 aromatic rings. The van der Waals surface area contributed by atoms with Crippen molar-refractivity contribution in [3.8, 4) is 11.8 Å². The number of hydrogen-bond donors (Lipinski definition) is 1. The second-order valence-electron chi connectivity index (χ2n) is 6.35. The Kier molecular flexibility index (Phi) is 7.69. The van der Waals surface area contributed by atoms with Crippen molar-refractivity contribution in [2.45, 2.75) is 6.61 Å². The second-order valence-corrected chi connectivity index (χ2v) is 8.08. The molecule has 0 heterocycles. The van der Waals surface area contributed by atoms with Gasteiger partial charge in [-0.2, -0.15) is 5.26 Å². The van der Waals surface area contributed by atoms with E-state index in [9.17, 15) is 14.4 Å². The van der Waals surface area contributed by atoms with E-state index in [4.69, 9.17) is 27.9 Å². The van der Waals surface area contributed by atoms with Crippen molar-refractivity contribution in [3.05, 3.63) is 97.7 Å². The molecule has 4 nitrogen and oxygen atoms in total. The molecule has 0 unspecified atom stereocenters. The number of nitrogens with zero attached hydrogens (tertiary/aromatic N) is 1. The summed E-state index contributed by atoms with van der Waals surface area (Å²) in [4.78, 5) is 12.5. The Bertz CT molecular complexity index is 1190. The first-order valence-corrected chi connectivity index (χ1v) is 10.5. The lowest BCUT2D eigenvalue weighted by molar-refractivity contribution is -0.112. The third-order valence-corrected chi connectivity index (χ3v) is 5.35. The third-order valence-electron chi connectivity index (χ3n) is 4.12. The normalized spacial score (nSPS) is 11.0. The van der Waals surface area contributed by atoms with E-state index in [0.29, 0.717) is 27.0 Å². The average Bonchev–Trinajstić information content (AvgIpc) is 2.75. The molecule has 3 aromatic carbocycles. The van der Waals surface area contributed by atoms with E-state index in [1.807, 2.05) is 6.07 Å². The van der Waals surface area contributed by atoms with Crippen LogP contribution in [-0.4, -0.2) is 5.91 Å². The Balaban J connectivity index is 1.82. The number of benzene rings is 3. The summed E-state index contributed by atoms with van der Waals surface area (Å²) in [6, 6.07) is 17.6. The lowest BCUT2D eigenvalue weighted by Gasteiger charge is -2.11. The first kappa shape index (κ1) is 22.8. The number of anilines is 1. The van der Waals surface area contributed by atoms with Crippen molar-refractivity contribution < 1.29 is 13.9 Å². The highest BCUT2D eigenvalue weighted by atomic mass is 79.9. The van der Waals surface area contributed by atoms with Crippen LogP contribution < -0.4 is 10.1 Å². The van der Waals surface area contributed by atoms with E-state index in [-0.39, 0.29) is 12.2 Å². The Labute approximate surface area is 197 Å². The Hall–Kier alpha value is -2.85. The van der Waals surface area contributed by atoms with Gasteiger partial charge >= 0.3 is 0 Å². The van der Waals surface area contributed by atoms with Crippen LogP contribution in [0.2, 0.25) is 10.0 Å². The van der Waals surface area contributed by atoms with Crippen LogP contribution in [0.15, 0.2) is 70.7 Å². The summed E-state index contributed by atoms with van der Waals surface area (Å²) in [5, 5.41) is 12.9. The molecular formula is C23H14BrCl2FN2O2. The molecule has 0 bridgehead atoms. The molecule has 8 heteroatoms. The lowest BCUT2D eigenvalue weighted by atomic mass is 10.1. The van der Waals surface area contributed by atoms with Crippen molar-refractivity contribution in [2.24, 2.45) is 0 Å². The minimum atomic E-state index is -0.621. The minimum absolute atomic E-state index is 0.137. The van der Waals surface area contributed by atoms with E-state index in [2.05, 4.69) is 21.2 Å². The van der Waals surface area contributed by atoms with Gasteiger partial charge in [0.25, 0.3) is 5.91 Å². The minimum Gasteiger partial charge on any atom is -0.488 e. The summed E-state index contributed by atoms with van der Waals surface area (Å²) in [6.45, 7) is 0.211. The number of ether oxygens (including phenoxy) is 1. The molecule has 156 valence electrons. The largest absolute Gasteiger partial charge is 0.488 e. The summed E-state index contributed by atoms with van der Waals surface area (Å²) in [5.41, 5.74) is 1.57. The van der Waals surface area contributed by atoms with Crippen molar-refractivity contribution in [1.29, 1.82) is 5.26 Å². The maximum absolute atomic E-state index is 13.0. The summed E-state index contributed by atoms with van der Waals surface area (Å²) in [7, 11) is 0. The molecule has 0 radical (unpaired) electrons. The summed E-state index contributed by atoms with van der Waals surface area (Å²) < 4.78 is 19.7. The fourth-order valence-corrected chi connectivity index (χ4v) is 3.29. The van der Waals surface area contributed by atoms with E-state index in [1.54, 1.807) is 36.4 Å². The fourth-order valence-electron chi connectivity index (χ4n) is 2.59. The second kappa shape index (κ2) is 10.5. The van der Waals surface area contributed by atoms with Crippen LogP contribution in [0.4, 0.5) is 10.1 Å². The lowest BCUT2D eigenvalue weighted by Crippen LogP contribution is -2.13. The average molecular weight is 520 g/mol. The number of nitrogens with one attached hydrogen (secondary N) is 1. The molecule has 0 spiro atoms.